The van der Waals surface area contributed by atoms with Crippen LogP contribution in [0.3, 0.4) is 0 Å². The zero-order valence-electron chi connectivity index (χ0n) is 14.9. The Morgan fingerprint density at radius 1 is 1.08 bits per heavy atom. The third kappa shape index (κ3) is 3.23. The highest BCUT2D eigenvalue weighted by molar-refractivity contribution is 6.31. The molecule has 26 heavy (non-hydrogen) atoms. The van der Waals surface area contributed by atoms with Crippen LogP contribution in [0.5, 0.6) is 0 Å². The number of pyridine rings is 1. The number of nitrogens with zero attached hydrogens (tertiary/aromatic N) is 4. The van der Waals surface area contributed by atoms with Gasteiger partial charge in [0.25, 0.3) is 0 Å². The largest absolute Gasteiger partial charge is 0.371 e. The number of piperidine rings is 1. The van der Waals surface area contributed by atoms with Crippen LogP contribution >= 0.6 is 11.6 Å². The van der Waals surface area contributed by atoms with Crippen LogP contribution in [0.4, 0.5) is 17.2 Å². The van der Waals surface area contributed by atoms with E-state index in [0.29, 0.717) is 5.02 Å². The quantitative estimate of drug-likeness (QED) is 0.812. The Labute approximate surface area is 159 Å². The lowest BCUT2D eigenvalue weighted by Crippen LogP contribution is -2.47. The number of fused-ring (bicyclic) bond motifs is 1. The van der Waals surface area contributed by atoms with Gasteiger partial charge in [0.05, 0.1) is 11.4 Å². The van der Waals surface area contributed by atoms with Crippen LogP contribution in [-0.2, 0) is 4.79 Å². The molecule has 0 bridgehead atoms. The third-order valence-electron chi connectivity index (χ3n) is 5.38. The Morgan fingerprint density at radius 3 is 2.62 bits per heavy atom. The van der Waals surface area contributed by atoms with E-state index < -0.39 is 0 Å². The van der Waals surface area contributed by atoms with Crippen LogP contribution in [0.15, 0.2) is 42.6 Å². The number of carbonyl (C=O) groups excluding carboxylic acids is 1. The number of rotatable bonds is 2. The molecule has 1 saturated heterocycles. The minimum atomic E-state index is 0.0712. The van der Waals surface area contributed by atoms with Gasteiger partial charge in [0.2, 0.25) is 5.91 Å². The van der Waals surface area contributed by atoms with Crippen molar-refractivity contribution in [2.24, 2.45) is 5.92 Å². The summed E-state index contributed by atoms with van der Waals surface area (Å²) in [5, 5.41) is 0.702. The van der Waals surface area contributed by atoms with Gasteiger partial charge in [-0.3, -0.25) is 4.79 Å². The molecule has 4 rings (SSSR count). The van der Waals surface area contributed by atoms with Gasteiger partial charge in [-0.05, 0) is 43.2 Å². The molecule has 1 fully saturated rings. The lowest BCUT2D eigenvalue weighted by atomic mass is 9.94. The molecule has 5 nitrogen and oxygen atoms in total. The molecular formula is C20H23ClN4O. The summed E-state index contributed by atoms with van der Waals surface area (Å²) < 4.78 is 0. The molecule has 6 heteroatoms. The van der Waals surface area contributed by atoms with Crippen LogP contribution in [0.2, 0.25) is 5.02 Å². The maximum atomic E-state index is 13.2. The second kappa shape index (κ2) is 7.16. The third-order valence-corrected chi connectivity index (χ3v) is 5.62. The molecule has 1 amide bonds. The average Bonchev–Trinajstić information content (AvgIpc) is 2.69. The topological polar surface area (TPSA) is 39.7 Å². The summed E-state index contributed by atoms with van der Waals surface area (Å²) in [6.45, 7) is 3.29. The average molecular weight is 371 g/mol. The number of amides is 1. The summed E-state index contributed by atoms with van der Waals surface area (Å²) in [6.07, 6.45) is 3.55. The predicted molar refractivity (Wildman–Crippen MR) is 106 cm³/mol. The number of halogens is 1. The van der Waals surface area contributed by atoms with E-state index in [-0.39, 0.29) is 11.8 Å². The van der Waals surface area contributed by atoms with E-state index in [0.717, 1.165) is 56.2 Å². The van der Waals surface area contributed by atoms with Crippen LogP contribution < -0.4 is 14.7 Å². The molecule has 0 saturated carbocycles. The molecule has 136 valence electrons. The molecule has 2 aromatic rings. The summed E-state index contributed by atoms with van der Waals surface area (Å²) in [5.74, 6) is 1.31. The highest BCUT2D eigenvalue weighted by Gasteiger charge is 2.32. The van der Waals surface area contributed by atoms with Crippen LogP contribution in [0, 0.1) is 5.92 Å². The summed E-state index contributed by atoms with van der Waals surface area (Å²) in [5.41, 5.74) is 2.00. The maximum absolute atomic E-state index is 13.2. The van der Waals surface area contributed by atoms with Crippen molar-refractivity contribution in [3.63, 3.8) is 0 Å². The van der Waals surface area contributed by atoms with Crippen molar-refractivity contribution in [2.75, 3.05) is 47.9 Å². The van der Waals surface area contributed by atoms with E-state index in [1.807, 2.05) is 54.5 Å². The van der Waals surface area contributed by atoms with Crippen molar-refractivity contribution in [2.45, 2.75) is 12.8 Å². The molecule has 3 heterocycles. The van der Waals surface area contributed by atoms with Gasteiger partial charge in [-0.2, -0.15) is 0 Å². The lowest BCUT2D eigenvalue weighted by molar-refractivity contribution is -0.123. The minimum Gasteiger partial charge on any atom is -0.371 e. The SMILES string of the molecule is CN1CCN(C(=O)C2CCN(c3ccccn3)CC2)c2ccc(Cl)cc21. The number of anilines is 3. The van der Waals surface area contributed by atoms with Gasteiger partial charge in [-0.25, -0.2) is 4.98 Å². The van der Waals surface area contributed by atoms with Gasteiger partial charge in [0, 0.05) is 50.4 Å². The fraction of sp³-hybridized carbons (Fsp3) is 0.400. The predicted octanol–water partition coefficient (Wildman–Crippen LogP) is 3.43. The van der Waals surface area contributed by atoms with E-state index in [9.17, 15) is 4.79 Å². The summed E-state index contributed by atoms with van der Waals surface area (Å²) in [6, 6.07) is 11.7. The van der Waals surface area contributed by atoms with Crippen molar-refractivity contribution in [1.29, 1.82) is 0 Å². The fourth-order valence-electron chi connectivity index (χ4n) is 3.87. The van der Waals surface area contributed by atoms with E-state index in [1.54, 1.807) is 0 Å². The molecule has 1 aromatic carbocycles. The van der Waals surface area contributed by atoms with Crippen molar-refractivity contribution in [1.82, 2.24) is 4.98 Å². The maximum Gasteiger partial charge on any atom is 0.230 e. The minimum absolute atomic E-state index is 0.0712. The second-order valence-electron chi connectivity index (χ2n) is 6.99. The Hall–Kier alpha value is -2.27. The zero-order chi connectivity index (χ0) is 18.1. The molecule has 0 atom stereocenters. The van der Waals surface area contributed by atoms with Crippen molar-refractivity contribution in [3.05, 3.63) is 47.6 Å². The monoisotopic (exact) mass is 370 g/mol. The first kappa shape index (κ1) is 17.2. The van der Waals surface area contributed by atoms with Crippen LogP contribution in [-0.4, -0.2) is 44.1 Å². The Balaban J connectivity index is 1.47. The smallest absolute Gasteiger partial charge is 0.230 e. The molecule has 2 aliphatic heterocycles. The van der Waals surface area contributed by atoms with Gasteiger partial charge < -0.3 is 14.7 Å². The molecule has 0 N–H and O–H groups in total. The highest BCUT2D eigenvalue weighted by Crippen LogP contribution is 2.36. The molecule has 2 aliphatic rings. The molecule has 0 aliphatic carbocycles. The molecule has 1 aromatic heterocycles. The van der Waals surface area contributed by atoms with Crippen molar-refractivity contribution >= 4 is 34.7 Å². The van der Waals surface area contributed by atoms with Gasteiger partial charge in [0.15, 0.2) is 0 Å². The molecule has 0 unspecified atom stereocenters. The Morgan fingerprint density at radius 2 is 1.88 bits per heavy atom. The van der Waals surface area contributed by atoms with Gasteiger partial charge in [-0.15, -0.1) is 0 Å². The van der Waals surface area contributed by atoms with Crippen LogP contribution in [0.1, 0.15) is 12.8 Å². The van der Waals surface area contributed by atoms with Crippen molar-refractivity contribution < 1.29 is 4.79 Å². The van der Waals surface area contributed by atoms with E-state index in [4.69, 9.17) is 11.6 Å². The van der Waals surface area contributed by atoms with Gasteiger partial charge >= 0.3 is 0 Å². The number of likely N-dealkylation sites (N-methyl/N-ethyl adjacent to an activating group) is 1. The standard InChI is InChI=1S/C20H23ClN4O/c1-23-12-13-25(17-6-5-16(21)14-18(17)23)20(26)15-7-10-24(11-8-15)19-4-2-3-9-22-19/h2-6,9,14-15H,7-8,10-13H2,1H3. The van der Waals surface area contributed by atoms with Gasteiger partial charge in [-0.1, -0.05) is 17.7 Å². The number of benzene rings is 1. The fourth-order valence-corrected chi connectivity index (χ4v) is 4.03. The summed E-state index contributed by atoms with van der Waals surface area (Å²) in [4.78, 5) is 24.0. The lowest BCUT2D eigenvalue weighted by Gasteiger charge is -2.39. The first-order valence-corrected chi connectivity index (χ1v) is 9.49. The zero-order valence-corrected chi connectivity index (χ0v) is 15.7. The summed E-state index contributed by atoms with van der Waals surface area (Å²) in [7, 11) is 2.04. The Kier molecular flexibility index (Phi) is 4.72. The number of hydrogen-bond acceptors (Lipinski definition) is 4. The first-order valence-electron chi connectivity index (χ1n) is 9.11. The van der Waals surface area contributed by atoms with Crippen molar-refractivity contribution in [3.8, 4) is 0 Å². The number of aromatic nitrogens is 1. The molecule has 0 spiro atoms. The van der Waals surface area contributed by atoms with Crippen LogP contribution in [0.25, 0.3) is 0 Å². The normalized spacial score (nSPS) is 18.0. The Bertz CT molecular complexity index is 790. The van der Waals surface area contributed by atoms with E-state index in [2.05, 4.69) is 14.8 Å². The van der Waals surface area contributed by atoms with E-state index in [1.165, 1.54) is 0 Å². The number of hydrogen-bond donors (Lipinski definition) is 0. The summed E-state index contributed by atoms with van der Waals surface area (Å²) >= 11 is 6.15. The molecule has 0 radical (unpaired) electrons. The molecular weight excluding hydrogens is 348 g/mol. The number of carbonyl (C=O) groups is 1. The van der Waals surface area contributed by atoms with E-state index >= 15 is 0 Å². The van der Waals surface area contributed by atoms with Gasteiger partial charge in [0.1, 0.15) is 5.82 Å². The highest BCUT2D eigenvalue weighted by atomic mass is 35.5. The second-order valence-corrected chi connectivity index (χ2v) is 7.43. The first-order chi connectivity index (χ1) is 12.6.